The summed E-state index contributed by atoms with van der Waals surface area (Å²) >= 11 is 0. The molecule has 162 valence electrons. The number of anilines is 2. The number of nitrogens with zero attached hydrogens (tertiary/aromatic N) is 2. The number of alkyl halides is 3. The van der Waals surface area contributed by atoms with Gasteiger partial charge in [0.1, 0.15) is 11.3 Å². The second-order valence-electron chi connectivity index (χ2n) is 6.07. The van der Waals surface area contributed by atoms with Crippen LogP contribution in [0.25, 0.3) is 0 Å². The molecule has 1 heterocycles. The van der Waals surface area contributed by atoms with E-state index in [0.29, 0.717) is 6.20 Å². The highest BCUT2D eigenvalue weighted by molar-refractivity contribution is 5.96. The largest absolute Gasteiger partial charge is 0.503 e. The molecule has 31 heavy (non-hydrogen) atoms. The molecule has 3 aromatic rings. The van der Waals surface area contributed by atoms with E-state index in [1.807, 2.05) is 0 Å². The fourth-order valence-electron chi connectivity index (χ4n) is 2.59. The van der Waals surface area contributed by atoms with E-state index in [4.69, 9.17) is 9.47 Å². The Morgan fingerprint density at radius 2 is 1.81 bits per heavy atom. The van der Waals surface area contributed by atoms with Gasteiger partial charge in [-0.1, -0.05) is 18.2 Å². The summed E-state index contributed by atoms with van der Waals surface area (Å²) in [4.78, 5) is 19.5. The zero-order valence-electron chi connectivity index (χ0n) is 16.3. The van der Waals surface area contributed by atoms with E-state index >= 15 is 0 Å². The predicted octanol–water partition coefficient (Wildman–Crippen LogP) is 4.11. The lowest BCUT2D eigenvalue weighted by Crippen LogP contribution is -2.19. The molecule has 0 spiro atoms. The molecule has 0 saturated heterocycles. The van der Waals surface area contributed by atoms with Crippen LogP contribution in [0, 0.1) is 0 Å². The third-order valence-corrected chi connectivity index (χ3v) is 4.09. The Hall–Kier alpha value is -4.02. The second kappa shape index (κ2) is 8.78. The fraction of sp³-hybridized carbons (Fsp3) is 0.150. The molecule has 3 rings (SSSR count). The molecule has 0 aliphatic carbocycles. The molecule has 11 heteroatoms. The molecule has 8 nitrogen and oxygen atoms in total. The third kappa shape index (κ3) is 4.77. The van der Waals surface area contributed by atoms with Crippen molar-refractivity contribution in [2.45, 2.75) is 6.18 Å². The van der Waals surface area contributed by atoms with Crippen molar-refractivity contribution in [3.05, 3.63) is 59.8 Å². The van der Waals surface area contributed by atoms with E-state index in [9.17, 15) is 23.1 Å². The lowest BCUT2D eigenvalue weighted by molar-refractivity contribution is -0.139. The number of hydrogen-bond acceptors (Lipinski definition) is 7. The molecule has 1 aromatic heterocycles. The van der Waals surface area contributed by atoms with E-state index < -0.39 is 23.5 Å². The molecule has 0 bridgehead atoms. The summed E-state index contributed by atoms with van der Waals surface area (Å²) in [7, 11) is 2.73. The highest BCUT2D eigenvalue weighted by atomic mass is 19.4. The first-order valence-electron chi connectivity index (χ1n) is 8.80. The van der Waals surface area contributed by atoms with E-state index in [1.54, 1.807) is 12.1 Å². The molecule has 0 aliphatic heterocycles. The van der Waals surface area contributed by atoms with Crippen LogP contribution in [0.2, 0.25) is 0 Å². The number of hydrogen-bond donors (Lipinski definition) is 3. The number of methoxy groups -OCH3 is 1. The summed E-state index contributed by atoms with van der Waals surface area (Å²) in [6.45, 7) is 0. The minimum absolute atomic E-state index is 0.0247. The van der Waals surface area contributed by atoms with Gasteiger partial charge in [-0.15, -0.1) is 0 Å². The average molecular weight is 434 g/mol. The number of phenolic OH excluding ortho intramolecular Hbond substituents is 1. The Kier molecular flexibility index (Phi) is 6.14. The van der Waals surface area contributed by atoms with Crippen LogP contribution in [0.3, 0.4) is 0 Å². The SMILES string of the molecule is CNC(=O)c1ccccc1Oc1nc(Nc2cccc(OC)c2O)ncc1C(F)(F)F. The van der Waals surface area contributed by atoms with Gasteiger partial charge in [-0.2, -0.15) is 18.2 Å². The van der Waals surface area contributed by atoms with Gasteiger partial charge in [0.15, 0.2) is 11.5 Å². The van der Waals surface area contributed by atoms with Gasteiger partial charge in [0.25, 0.3) is 5.91 Å². The Balaban J connectivity index is 2.03. The Bertz CT molecular complexity index is 1110. The van der Waals surface area contributed by atoms with Gasteiger partial charge in [-0.25, -0.2) is 4.98 Å². The van der Waals surface area contributed by atoms with E-state index in [1.165, 1.54) is 44.5 Å². The number of nitrogens with one attached hydrogen (secondary N) is 2. The lowest BCUT2D eigenvalue weighted by atomic mass is 10.2. The average Bonchev–Trinajstić information content (AvgIpc) is 2.74. The molecule has 0 radical (unpaired) electrons. The molecular formula is C20H17F3N4O4. The molecule has 3 N–H and O–H groups in total. The maximum atomic E-state index is 13.5. The first kappa shape index (κ1) is 21.7. The van der Waals surface area contributed by atoms with E-state index in [2.05, 4.69) is 20.6 Å². The van der Waals surface area contributed by atoms with Gasteiger partial charge in [-0.05, 0) is 24.3 Å². The smallest absolute Gasteiger partial charge is 0.423 e. The van der Waals surface area contributed by atoms with Crippen LogP contribution in [0.15, 0.2) is 48.7 Å². The van der Waals surface area contributed by atoms with Gasteiger partial charge in [0.2, 0.25) is 11.8 Å². The van der Waals surface area contributed by atoms with Crippen LogP contribution >= 0.6 is 0 Å². The van der Waals surface area contributed by atoms with E-state index in [-0.39, 0.29) is 34.4 Å². The number of aromatic nitrogens is 2. The van der Waals surface area contributed by atoms with Gasteiger partial charge in [0.05, 0.1) is 18.4 Å². The van der Waals surface area contributed by atoms with Crippen LogP contribution in [0.1, 0.15) is 15.9 Å². The number of ether oxygens (including phenoxy) is 2. The number of rotatable bonds is 6. The number of phenols is 1. The lowest BCUT2D eigenvalue weighted by Gasteiger charge is -2.16. The van der Waals surface area contributed by atoms with Crippen LogP contribution in [-0.4, -0.2) is 35.1 Å². The van der Waals surface area contributed by atoms with Crippen LogP contribution in [0.5, 0.6) is 23.1 Å². The van der Waals surface area contributed by atoms with Gasteiger partial charge in [-0.3, -0.25) is 4.79 Å². The Morgan fingerprint density at radius 1 is 1.10 bits per heavy atom. The van der Waals surface area contributed by atoms with Crippen LogP contribution in [-0.2, 0) is 6.18 Å². The molecule has 0 aliphatic rings. The van der Waals surface area contributed by atoms with Crippen LogP contribution in [0.4, 0.5) is 24.8 Å². The predicted molar refractivity (Wildman–Crippen MR) is 105 cm³/mol. The van der Waals surface area contributed by atoms with Crippen LogP contribution < -0.4 is 20.1 Å². The minimum atomic E-state index is -4.81. The number of benzene rings is 2. The summed E-state index contributed by atoms with van der Waals surface area (Å²) < 4.78 is 50.8. The number of para-hydroxylation sites is 2. The number of halogens is 3. The van der Waals surface area contributed by atoms with Gasteiger partial charge >= 0.3 is 6.18 Å². The summed E-state index contributed by atoms with van der Waals surface area (Å²) in [5, 5.41) is 15.2. The molecule has 0 fully saturated rings. The summed E-state index contributed by atoms with van der Waals surface area (Å²) in [5.41, 5.74) is -1.10. The molecule has 0 saturated carbocycles. The van der Waals surface area contributed by atoms with Crippen molar-refractivity contribution in [3.8, 4) is 23.1 Å². The van der Waals surface area contributed by atoms with Crippen molar-refractivity contribution in [1.29, 1.82) is 0 Å². The molecule has 1 amide bonds. The molecular weight excluding hydrogens is 417 g/mol. The summed E-state index contributed by atoms with van der Waals surface area (Å²) in [6.07, 6.45) is -4.27. The summed E-state index contributed by atoms with van der Waals surface area (Å²) in [6, 6.07) is 10.3. The zero-order valence-corrected chi connectivity index (χ0v) is 16.3. The standard InChI is InChI=1S/C20H17F3N4O4/c1-24-17(29)11-6-3-4-8-14(11)31-18-12(20(21,22)23)10-25-19(27-18)26-13-7-5-9-15(30-2)16(13)28/h3-10,28H,1-2H3,(H,24,29)(H,25,26,27). The van der Waals surface area contributed by atoms with E-state index in [0.717, 1.165) is 0 Å². The van der Waals surface area contributed by atoms with Crippen molar-refractivity contribution >= 4 is 17.5 Å². The maximum Gasteiger partial charge on any atom is 0.423 e. The third-order valence-electron chi connectivity index (χ3n) is 4.09. The zero-order chi connectivity index (χ0) is 22.6. The molecule has 0 unspecified atom stereocenters. The second-order valence-corrected chi connectivity index (χ2v) is 6.07. The van der Waals surface area contributed by atoms with Gasteiger partial charge < -0.3 is 25.2 Å². The van der Waals surface area contributed by atoms with Gasteiger partial charge in [0, 0.05) is 13.2 Å². The highest BCUT2D eigenvalue weighted by Crippen LogP contribution is 2.39. The first-order chi connectivity index (χ1) is 14.7. The Morgan fingerprint density at radius 3 is 2.48 bits per heavy atom. The molecule has 0 atom stereocenters. The van der Waals surface area contributed by atoms with Crippen molar-refractivity contribution in [1.82, 2.24) is 15.3 Å². The monoisotopic (exact) mass is 434 g/mol. The molecule has 2 aromatic carbocycles. The van der Waals surface area contributed by atoms with Crippen molar-refractivity contribution < 1.29 is 32.5 Å². The Labute approximate surface area is 174 Å². The highest BCUT2D eigenvalue weighted by Gasteiger charge is 2.37. The van der Waals surface area contributed by atoms with Crippen molar-refractivity contribution in [3.63, 3.8) is 0 Å². The topological polar surface area (TPSA) is 106 Å². The maximum absolute atomic E-state index is 13.5. The van der Waals surface area contributed by atoms with Crippen molar-refractivity contribution in [2.24, 2.45) is 0 Å². The normalized spacial score (nSPS) is 11.0. The number of amides is 1. The minimum Gasteiger partial charge on any atom is -0.503 e. The number of aromatic hydroxyl groups is 1. The fourth-order valence-corrected chi connectivity index (χ4v) is 2.59. The quantitative estimate of drug-likeness (QED) is 0.502. The summed E-state index contributed by atoms with van der Waals surface area (Å²) in [5.74, 6) is -1.89. The number of carbonyl (C=O) groups is 1. The number of carbonyl (C=O) groups excluding carboxylic acids is 1. The van der Waals surface area contributed by atoms with Crippen molar-refractivity contribution in [2.75, 3.05) is 19.5 Å². The first-order valence-corrected chi connectivity index (χ1v) is 8.80.